The molecule has 0 saturated carbocycles. The van der Waals surface area contributed by atoms with Gasteiger partial charge in [-0.3, -0.25) is 4.90 Å². The highest BCUT2D eigenvalue weighted by Crippen LogP contribution is 2.42. The maximum Gasteiger partial charge on any atom is 0.122 e. The largest absolute Gasteiger partial charge is 0.493 e. The summed E-state index contributed by atoms with van der Waals surface area (Å²) in [6, 6.07) is 21.3. The van der Waals surface area contributed by atoms with Crippen LogP contribution in [-0.2, 0) is 6.54 Å². The van der Waals surface area contributed by atoms with E-state index >= 15 is 0 Å². The van der Waals surface area contributed by atoms with Crippen LogP contribution in [0.1, 0.15) is 22.6 Å². The second-order valence-electron chi connectivity index (χ2n) is 7.41. The molecule has 142 valence electrons. The van der Waals surface area contributed by atoms with E-state index in [0.29, 0.717) is 11.8 Å². The van der Waals surface area contributed by atoms with Crippen LogP contribution in [0.5, 0.6) is 5.75 Å². The van der Waals surface area contributed by atoms with Crippen LogP contribution in [0.2, 0.25) is 0 Å². The Hall–Kier alpha value is -2.32. The molecule has 2 aliphatic heterocycles. The summed E-state index contributed by atoms with van der Waals surface area (Å²) in [5, 5.41) is 11.3. The predicted molar refractivity (Wildman–Crippen MR) is 115 cm³/mol. The van der Waals surface area contributed by atoms with Crippen molar-refractivity contribution in [2.45, 2.75) is 12.5 Å². The monoisotopic (exact) mass is 408 g/mol. The SMILES string of the molecule is Cl.N#Cc1ccc2c(c1)C1CN(Cc3ccc(-c4cccs4)cc3)CC1CO2. The van der Waals surface area contributed by atoms with Gasteiger partial charge >= 0.3 is 0 Å². The molecule has 0 radical (unpaired) electrons. The summed E-state index contributed by atoms with van der Waals surface area (Å²) in [6.45, 7) is 3.82. The summed E-state index contributed by atoms with van der Waals surface area (Å²) in [7, 11) is 0. The van der Waals surface area contributed by atoms with E-state index in [1.54, 1.807) is 11.3 Å². The number of nitrogens with zero attached hydrogens (tertiary/aromatic N) is 2. The van der Waals surface area contributed by atoms with Gasteiger partial charge in [0.1, 0.15) is 5.75 Å². The van der Waals surface area contributed by atoms with Gasteiger partial charge in [-0.15, -0.1) is 23.7 Å². The molecule has 0 spiro atoms. The van der Waals surface area contributed by atoms with Crippen molar-refractivity contribution in [3.63, 3.8) is 0 Å². The minimum Gasteiger partial charge on any atom is -0.493 e. The van der Waals surface area contributed by atoms with Gasteiger partial charge in [-0.05, 0) is 40.8 Å². The Kier molecular flexibility index (Phi) is 5.41. The van der Waals surface area contributed by atoms with Crippen molar-refractivity contribution in [3.8, 4) is 22.3 Å². The lowest BCUT2D eigenvalue weighted by molar-refractivity contribution is 0.212. The van der Waals surface area contributed by atoms with Crippen LogP contribution >= 0.6 is 23.7 Å². The topological polar surface area (TPSA) is 36.3 Å². The number of hydrogen-bond donors (Lipinski definition) is 0. The van der Waals surface area contributed by atoms with Gasteiger partial charge in [-0.2, -0.15) is 5.26 Å². The lowest BCUT2D eigenvalue weighted by Crippen LogP contribution is -2.25. The fourth-order valence-electron chi connectivity index (χ4n) is 4.32. The maximum atomic E-state index is 9.22. The summed E-state index contributed by atoms with van der Waals surface area (Å²) in [6.07, 6.45) is 0. The minimum absolute atomic E-state index is 0. The minimum atomic E-state index is 0. The van der Waals surface area contributed by atoms with Crippen molar-refractivity contribution in [3.05, 3.63) is 76.7 Å². The Balaban J connectivity index is 0.00000192. The van der Waals surface area contributed by atoms with Crippen molar-refractivity contribution in [1.29, 1.82) is 5.26 Å². The third kappa shape index (κ3) is 3.54. The maximum absolute atomic E-state index is 9.22. The number of rotatable bonds is 3. The average Bonchev–Trinajstić information content (AvgIpc) is 3.38. The fraction of sp³-hybridized carbons (Fsp3) is 0.261. The number of ether oxygens (including phenoxy) is 1. The molecule has 0 bridgehead atoms. The van der Waals surface area contributed by atoms with E-state index in [4.69, 9.17) is 4.74 Å². The Bertz CT molecular complexity index is 994. The second-order valence-corrected chi connectivity index (χ2v) is 8.36. The van der Waals surface area contributed by atoms with Crippen LogP contribution in [-0.4, -0.2) is 24.6 Å². The van der Waals surface area contributed by atoms with E-state index < -0.39 is 0 Å². The normalized spacial score (nSPS) is 20.4. The summed E-state index contributed by atoms with van der Waals surface area (Å²) in [4.78, 5) is 3.84. The van der Waals surface area contributed by atoms with Crippen molar-refractivity contribution in [1.82, 2.24) is 4.90 Å². The molecule has 2 aromatic carbocycles. The molecule has 28 heavy (non-hydrogen) atoms. The quantitative estimate of drug-likeness (QED) is 0.588. The first-order chi connectivity index (χ1) is 13.3. The molecule has 3 heterocycles. The Labute approximate surface area is 175 Å². The van der Waals surface area contributed by atoms with E-state index in [1.165, 1.54) is 21.6 Å². The van der Waals surface area contributed by atoms with Gasteiger partial charge < -0.3 is 4.74 Å². The second kappa shape index (κ2) is 7.97. The molecule has 3 nitrogen and oxygen atoms in total. The number of likely N-dealkylation sites (tertiary alicyclic amines) is 1. The Morgan fingerprint density at radius 3 is 2.71 bits per heavy atom. The predicted octanol–water partition coefficient (Wildman–Crippen LogP) is 5.32. The van der Waals surface area contributed by atoms with E-state index in [2.05, 4.69) is 52.7 Å². The lowest BCUT2D eigenvalue weighted by Gasteiger charge is -2.27. The first-order valence-electron chi connectivity index (χ1n) is 9.32. The molecule has 0 aliphatic carbocycles. The molecule has 1 aromatic heterocycles. The molecule has 1 saturated heterocycles. The standard InChI is InChI=1S/C23H20N2OS.ClH/c24-11-17-5-8-22-20(10-17)21-14-25(13-19(21)15-26-22)12-16-3-6-18(7-4-16)23-2-1-9-27-23;/h1-10,19,21H,12-15H2;1H. The number of hydrogen-bond acceptors (Lipinski definition) is 4. The molecule has 3 aromatic rings. The molecule has 1 fully saturated rings. The van der Waals surface area contributed by atoms with Crippen LogP contribution in [0.3, 0.4) is 0 Å². The molecule has 2 atom stereocenters. The van der Waals surface area contributed by atoms with E-state index in [9.17, 15) is 5.26 Å². The Morgan fingerprint density at radius 2 is 1.96 bits per heavy atom. The molecular formula is C23H21ClN2OS. The zero-order valence-corrected chi connectivity index (χ0v) is 17.0. The summed E-state index contributed by atoms with van der Waals surface area (Å²) in [5.41, 5.74) is 4.57. The van der Waals surface area contributed by atoms with E-state index in [0.717, 1.165) is 37.6 Å². The highest BCUT2D eigenvalue weighted by Gasteiger charge is 2.38. The Morgan fingerprint density at radius 1 is 1.11 bits per heavy atom. The third-order valence-corrected chi connectivity index (χ3v) is 6.59. The van der Waals surface area contributed by atoms with Gasteiger partial charge in [-0.1, -0.05) is 30.3 Å². The molecule has 5 heteroatoms. The van der Waals surface area contributed by atoms with Crippen molar-refractivity contribution >= 4 is 23.7 Å². The van der Waals surface area contributed by atoms with Gasteiger partial charge in [0.15, 0.2) is 0 Å². The fourth-order valence-corrected chi connectivity index (χ4v) is 5.06. The summed E-state index contributed by atoms with van der Waals surface area (Å²) >= 11 is 1.78. The highest BCUT2D eigenvalue weighted by atomic mass is 35.5. The smallest absolute Gasteiger partial charge is 0.122 e. The van der Waals surface area contributed by atoms with E-state index in [1.807, 2.05) is 18.2 Å². The van der Waals surface area contributed by atoms with Gasteiger partial charge in [-0.25, -0.2) is 0 Å². The van der Waals surface area contributed by atoms with Crippen LogP contribution < -0.4 is 4.74 Å². The summed E-state index contributed by atoms with van der Waals surface area (Å²) in [5.74, 6) is 1.93. The molecule has 5 rings (SSSR count). The molecule has 0 N–H and O–H groups in total. The van der Waals surface area contributed by atoms with Crippen molar-refractivity contribution < 1.29 is 4.74 Å². The molecular weight excluding hydrogens is 388 g/mol. The van der Waals surface area contributed by atoms with Crippen molar-refractivity contribution in [2.75, 3.05) is 19.7 Å². The van der Waals surface area contributed by atoms with Gasteiger partial charge in [0, 0.05) is 41.9 Å². The van der Waals surface area contributed by atoms with Crippen LogP contribution in [0.25, 0.3) is 10.4 Å². The van der Waals surface area contributed by atoms with Crippen LogP contribution in [0, 0.1) is 17.2 Å². The number of halogens is 1. The zero-order chi connectivity index (χ0) is 18.2. The first-order valence-corrected chi connectivity index (χ1v) is 10.2. The van der Waals surface area contributed by atoms with Gasteiger partial charge in [0.2, 0.25) is 0 Å². The van der Waals surface area contributed by atoms with Gasteiger partial charge in [0.25, 0.3) is 0 Å². The number of thiophene rings is 1. The number of nitriles is 1. The van der Waals surface area contributed by atoms with Crippen LogP contribution in [0.15, 0.2) is 60.0 Å². The third-order valence-electron chi connectivity index (χ3n) is 5.67. The number of benzene rings is 2. The summed E-state index contributed by atoms with van der Waals surface area (Å²) < 4.78 is 5.96. The van der Waals surface area contributed by atoms with Gasteiger partial charge in [0.05, 0.1) is 18.2 Å². The number of fused-ring (bicyclic) bond motifs is 3. The molecule has 2 aliphatic rings. The highest BCUT2D eigenvalue weighted by molar-refractivity contribution is 7.13. The van der Waals surface area contributed by atoms with E-state index in [-0.39, 0.29) is 12.4 Å². The average molecular weight is 409 g/mol. The van der Waals surface area contributed by atoms with Crippen LogP contribution in [0.4, 0.5) is 0 Å². The lowest BCUT2D eigenvalue weighted by atomic mass is 9.86. The molecule has 2 unspecified atom stereocenters. The first kappa shape index (κ1) is 19.0. The molecule has 0 amide bonds. The zero-order valence-electron chi connectivity index (χ0n) is 15.4. The van der Waals surface area contributed by atoms with Crippen molar-refractivity contribution in [2.24, 2.45) is 5.92 Å².